The number of amides is 1. The molecule has 2 aromatic rings. The molecule has 1 aromatic carbocycles. The first-order valence-corrected chi connectivity index (χ1v) is 9.06. The zero-order valence-electron chi connectivity index (χ0n) is 14.1. The second-order valence-electron chi connectivity index (χ2n) is 6.03. The van der Waals surface area contributed by atoms with Crippen molar-refractivity contribution in [3.8, 4) is 0 Å². The van der Waals surface area contributed by atoms with Gasteiger partial charge in [0.2, 0.25) is 0 Å². The third-order valence-electron chi connectivity index (χ3n) is 4.20. The van der Waals surface area contributed by atoms with E-state index in [0.717, 1.165) is 30.1 Å². The van der Waals surface area contributed by atoms with Crippen LogP contribution >= 0.6 is 11.5 Å². The lowest BCUT2D eigenvalue weighted by atomic mass is 10.0. The molecule has 0 spiro atoms. The summed E-state index contributed by atoms with van der Waals surface area (Å²) in [5.74, 6) is -0.149. The Labute approximate surface area is 152 Å². The van der Waals surface area contributed by atoms with Crippen LogP contribution in [0.1, 0.15) is 45.9 Å². The van der Waals surface area contributed by atoms with E-state index in [-0.39, 0.29) is 12.5 Å². The Morgan fingerprint density at radius 1 is 1.35 bits per heavy atom. The minimum atomic E-state index is -4.37. The van der Waals surface area contributed by atoms with Gasteiger partial charge in [-0.1, -0.05) is 30.0 Å². The molecule has 26 heavy (non-hydrogen) atoms. The van der Waals surface area contributed by atoms with Gasteiger partial charge in [0.15, 0.2) is 0 Å². The maximum absolute atomic E-state index is 12.8. The first-order chi connectivity index (χ1) is 12.4. The third-order valence-corrected chi connectivity index (χ3v) is 4.96. The van der Waals surface area contributed by atoms with E-state index in [4.69, 9.17) is 4.74 Å². The van der Waals surface area contributed by atoms with E-state index in [1.54, 1.807) is 4.90 Å². The molecule has 1 aromatic heterocycles. The van der Waals surface area contributed by atoms with E-state index < -0.39 is 17.8 Å². The van der Waals surface area contributed by atoms with Gasteiger partial charge in [-0.2, -0.15) is 13.2 Å². The van der Waals surface area contributed by atoms with Gasteiger partial charge in [0.05, 0.1) is 24.4 Å². The van der Waals surface area contributed by atoms with Gasteiger partial charge in [0.25, 0.3) is 5.91 Å². The lowest BCUT2D eigenvalue weighted by Gasteiger charge is -2.33. The van der Waals surface area contributed by atoms with Crippen molar-refractivity contribution < 1.29 is 22.7 Å². The normalized spacial score (nSPS) is 18.2. The van der Waals surface area contributed by atoms with Crippen LogP contribution in [0.15, 0.2) is 24.3 Å². The van der Waals surface area contributed by atoms with Crippen LogP contribution in [0.3, 0.4) is 0 Å². The first kappa shape index (κ1) is 18.8. The van der Waals surface area contributed by atoms with Crippen molar-refractivity contribution >= 4 is 17.4 Å². The van der Waals surface area contributed by atoms with Crippen LogP contribution in [0, 0.1) is 0 Å². The number of carbonyl (C=O) groups excluding carboxylic acids is 1. The van der Waals surface area contributed by atoms with Crippen molar-refractivity contribution in [3.05, 3.63) is 46.0 Å². The van der Waals surface area contributed by atoms with Gasteiger partial charge < -0.3 is 9.64 Å². The third kappa shape index (κ3) is 4.04. The number of benzene rings is 1. The van der Waals surface area contributed by atoms with Crippen molar-refractivity contribution in [1.82, 2.24) is 14.5 Å². The van der Waals surface area contributed by atoms with Crippen molar-refractivity contribution in [2.24, 2.45) is 0 Å². The Morgan fingerprint density at radius 3 is 2.73 bits per heavy atom. The summed E-state index contributed by atoms with van der Waals surface area (Å²) in [7, 11) is 0. The molecular weight excluding hydrogens is 367 g/mol. The molecule has 1 aliphatic heterocycles. The Morgan fingerprint density at radius 2 is 2.08 bits per heavy atom. The molecule has 0 radical (unpaired) electrons. The summed E-state index contributed by atoms with van der Waals surface area (Å²) in [6.07, 6.45) is -3.28. The highest BCUT2D eigenvalue weighted by molar-refractivity contribution is 7.08. The Bertz CT molecular complexity index is 761. The molecule has 9 heteroatoms. The molecule has 3 rings (SSSR count). The average Bonchev–Trinajstić information content (AvgIpc) is 3.09. The largest absolute Gasteiger partial charge is 0.416 e. The van der Waals surface area contributed by atoms with E-state index in [2.05, 4.69) is 9.59 Å². The Hall–Kier alpha value is -2.00. The number of alkyl halides is 3. The zero-order chi connectivity index (χ0) is 18.7. The number of halogens is 3. The molecule has 5 nitrogen and oxygen atoms in total. The van der Waals surface area contributed by atoms with E-state index in [1.165, 1.54) is 12.1 Å². The summed E-state index contributed by atoms with van der Waals surface area (Å²) in [6, 6.07) is 4.87. The molecule has 0 N–H and O–H groups in total. The predicted molar refractivity (Wildman–Crippen MR) is 89.9 cm³/mol. The minimum Gasteiger partial charge on any atom is -0.370 e. The number of aryl methyl sites for hydroxylation is 1. The Balaban J connectivity index is 1.73. The molecular formula is C17H18F3N3O2S. The summed E-state index contributed by atoms with van der Waals surface area (Å²) >= 11 is 1.07. The maximum atomic E-state index is 12.8. The molecule has 0 saturated carbocycles. The number of aromatic nitrogens is 2. The summed E-state index contributed by atoms with van der Waals surface area (Å²) < 4.78 is 47.6. The smallest absolute Gasteiger partial charge is 0.370 e. The van der Waals surface area contributed by atoms with Gasteiger partial charge in [-0.3, -0.25) is 4.79 Å². The molecule has 1 saturated heterocycles. The minimum absolute atomic E-state index is 0.149. The van der Waals surface area contributed by atoms with E-state index in [9.17, 15) is 18.0 Å². The maximum Gasteiger partial charge on any atom is 0.416 e. The van der Waals surface area contributed by atoms with E-state index in [1.807, 2.05) is 6.92 Å². The quantitative estimate of drug-likeness (QED) is 0.805. The molecule has 1 atom stereocenters. The lowest BCUT2D eigenvalue weighted by molar-refractivity contribution is -0.137. The summed E-state index contributed by atoms with van der Waals surface area (Å²) in [6.45, 7) is 3.04. The highest BCUT2D eigenvalue weighted by Gasteiger charge is 2.32. The van der Waals surface area contributed by atoms with Gasteiger partial charge in [-0.25, -0.2) is 0 Å². The van der Waals surface area contributed by atoms with Gasteiger partial charge in [0.1, 0.15) is 11.0 Å². The highest BCUT2D eigenvalue weighted by atomic mass is 32.1. The molecule has 0 unspecified atom stereocenters. The second kappa shape index (κ2) is 7.71. The van der Waals surface area contributed by atoms with E-state index >= 15 is 0 Å². The van der Waals surface area contributed by atoms with Gasteiger partial charge in [-0.15, -0.1) is 5.10 Å². The number of hydrogen-bond acceptors (Lipinski definition) is 5. The van der Waals surface area contributed by atoms with Crippen LogP contribution in [0.5, 0.6) is 0 Å². The monoisotopic (exact) mass is 385 g/mol. The average molecular weight is 385 g/mol. The SMILES string of the molecule is CCCc1nnsc1C(=O)N1CCO[C@@H](c2ccc(C(F)(F)F)cc2)C1. The number of morpholine rings is 1. The molecule has 0 bridgehead atoms. The molecule has 1 aliphatic rings. The van der Waals surface area contributed by atoms with Crippen LogP contribution in [-0.4, -0.2) is 40.1 Å². The molecule has 140 valence electrons. The van der Waals surface area contributed by atoms with Crippen molar-refractivity contribution in [2.45, 2.75) is 32.0 Å². The number of ether oxygens (including phenoxy) is 1. The van der Waals surface area contributed by atoms with Crippen LogP contribution in [-0.2, 0) is 17.3 Å². The topological polar surface area (TPSA) is 55.3 Å². The number of carbonyl (C=O) groups is 1. The van der Waals surface area contributed by atoms with Crippen molar-refractivity contribution in [1.29, 1.82) is 0 Å². The highest BCUT2D eigenvalue weighted by Crippen LogP contribution is 2.31. The van der Waals surface area contributed by atoms with Gasteiger partial charge >= 0.3 is 6.18 Å². The standard InChI is InChI=1S/C17H18F3N3O2S/c1-2-3-13-15(26-22-21-13)16(24)23-8-9-25-14(10-23)11-4-6-12(7-5-11)17(18,19)20/h4-7,14H,2-3,8-10H2,1H3/t14-/m1/s1. The van der Waals surface area contributed by atoms with Crippen molar-refractivity contribution in [2.75, 3.05) is 19.7 Å². The predicted octanol–water partition coefficient (Wildman–Crippen LogP) is 3.72. The van der Waals surface area contributed by atoms with E-state index in [0.29, 0.717) is 35.7 Å². The Kier molecular flexibility index (Phi) is 5.57. The molecule has 1 amide bonds. The molecule has 0 aliphatic carbocycles. The summed E-state index contributed by atoms with van der Waals surface area (Å²) in [5.41, 5.74) is 0.608. The van der Waals surface area contributed by atoms with Crippen LogP contribution in [0.2, 0.25) is 0 Å². The number of nitrogens with zero attached hydrogens (tertiary/aromatic N) is 3. The first-order valence-electron chi connectivity index (χ1n) is 8.29. The van der Waals surface area contributed by atoms with Gasteiger partial charge in [-0.05, 0) is 35.6 Å². The fourth-order valence-electron chi connectivity index (χ4n) is 2.84. The fraction of sp³-hybridized carbons (Fsp3) is 0.471. The van der Waals surface area contributed by atoms with Crippen LogP contribution in [0.25, 0.3) is 0 Å². The molecule has 1 fully saturated rings. The van der Waals surface area contributed by atoms with Crippen LogP contribution < -0.4 is 0 Å². The summed E-state index contributed by atoms with van der Waals surface area (Å²) in [4.78, 5) is 15.0. The number of rotatable bonds is 4. The fourth-order valence-corrected chi connectivity index (χ4v) is 3.51. The zero-order valence-corrected chi connectivity index (χ0v) is 14.9. The van der Waals surface area contributed by atoms with Gasteiger partial charge in [0, 0.05) is 6.54 Å². The summed E-state index contributed by atoms with van der Waals surface area (Å²) in [5, 5.41) is 4.01. The second-order valence-corrected chi connectivity index (χ2v) is 6.78. The number of hydrogen-bond donors (Lipinski definition) is 0. The van der Waals surface area contributed by atoms with Crippen LogP contribution in [0.4, 0.5) is 13.2 Å². The van der Waals surface area contributed by atoms with Crippen molar-refractivity contribution in [3.63, 3.8) is 0 Å². The lowest BCUT2D eigenvalue weighted by Crippen LogP contribution is -2.42. The molecule has 2 heterocycles.